The Hall–Kier alpha value is -1.86. The molecule has 2 rings (SSSR count). The number of aromatic nitrogens is 2. The predicted octanol–water partition coefficient (Wildman–Crippen LogP) is 1.57. The maximum Gasteiger partial charge on any atom is 0.238 e. The van der Waals surface area contributed by atoms with E-state index < -0.39 is 10.0 Å². The first-order chi connectivity index (χ1) is 9.68. The zero-order chi connectivity index (χ0) is 15.8. The van der Waals surface area contributed by atoms with Gasteiger partial charge in [-0.2, -0.15) is 5.10 Å². The fourth-order valence-electron chi connectivity index (χ4n) is 2.25. The number of rotatable bonds is 4. The Labute approximate surface area is 124 Å². The number of aryl methyl sites for hydroxylation is 4. The maximum absolute atomic E-state index is 11.4. The SMILES string of the molecule is Cc1cc(COc2c(C)cc(S(N)(=O)=O)cc2C)n(C)n1. The lowest BCUT2D eigenvalue weighted by molar-refractivity contribution is 0.290. The lowest BCUT2D eigenvalue weighted by atomic mass is 10.1. The third-order valence-electron chi connectivity index (χ3n) is 3.23. The summed E-state index contributed by atoms with van der Waals surface area (Å²) in [4.78, 5) is 0.0984. The maximum atomic E-state index is 11.4. The van der Waals surface area contributed by atoms with Crippen LogP contribution in [-0.2, 0) is 23.7 Å². The van der Waals surface area contributed by atoms with Crippen LogP contribution in [0.4, 0.5) is 0 Å². The quantitative estimate of drug-likeness (QED) is 0.928. The van der Waals surface area contributed by atoms with E-state index in [1.165, 1.54) is 12.1 Å². The molecule has 114 valence electrons. The van der Waals surface area contributed by atoms with Crippen LogP contribution in [0.3, 0.4) is 0 Å². The highest BCUT2D eigenvalue weighted by Gasteiger charge is 2.14. The van der Waals surface area contributed by atoms with E-state index in [0.29, 0.717) is 12.4 Å². The van der Waals surface area contributed by atoms with Crippen LogP contribution in [0.5, 0.6) is 5.75 Å². The Morgan fingerprint density at radius 2 is 1.76 bits per heavy atom. The normalized spacial score (nSPS) is 11.7. The summed E-state index contributed by atoms with van der Waals surface area (Å²) in [7, 11) is -1.85. The molecule has 1 aromatic carbocycles. The third-order valence-corrected chi connectivity index (χ3v) is 4.12. The molecule has 0 amide bonds. The molecule has 0 saturated carbocycles. The first kappa shape index (κ1) is 15.5. The van der Waals surface area contributed by atoms with Crippen LogP contribution in [-0.4, -0.2) is 18.2 Å². The van der Waals surface area contributed by atoms with Crippen molar-refractivity contribution in [1.29, 1.82) is 0 Å². The minimum atomic E-state index is -3.70. The summed E-state index contributed by atoms with van der Waals surface area (Å²) in [5.74, 6) is 0.668. The highest BCUT2D eigenvalue weighted by atomic mass is 32.2. The van der Waals surface area contributed by atoms with E-state index in [4.69, 9.17) is 9.88 Å². The van der Waals surface area contributed by atoms with Gasteiger partial charge in [0, 0.05) is 7.05 Å². The average molecular weight is 309 g/mol. The second-order valence-electron chi connectivity index (χ2n) is 5.12. The van der Waals surface area contributed by atoms with E-state index in [9.17, 15) is 8.42 Å². The lowest BCUT2D eigenvalue weighted by Gasteiger charge is -2.13. The molecule has 1 heterocycles. The highest BCUT2D eigenvalue weighted by molar-refractivity contribution is 7.89. The van der Waals surface area contributed by atoms with Gasteiger partial charge in [-0.25, -0.2) is 13.6 Å². The van der Waals surface area contributed by atoms with Crippen LogP contribution in [0.25, 0.3) is 0 Å². The molecule has 7 heteroatoms. The van der Waals surface area contributed by atoms with Crippen LogP contribution < -0.4 is 9.88 Å². The second-order valence-corrected chi connectivity index (χ2v) is 6.68. The predicted molar refractivity (Wildman–Crippen MR) is 79.6 cm³/mol. The number of ether oxygens (including phenoxy) is 1. The molecule has 0 spiro atoms. The van der Waals surface area contributed by atoms with E-state index in [0.717, 1.165) is 22.5 Å². The molecule has 0 atom stereocenters. The molecular weight excluding hydrogens is 290 g/mol. The second kappa shape index (κ2) is 5.50. The molecule has 0 aliphatic rings. The van der Waals surface area contributed by atoms with E-state index in [-0.39, 0.29) is 4.90 Å². The van der Waals surface area contributed by atoms with Gasteiger partial charge in [0.1, 0.15) is 12.4 Å². The van der Waals surface area contributed by atoms with E-state index >= 15 is 0 Å². The Balaban J connectivity index is 2.27. The van der Waals surface area contributed by atoms with Crippen molar-refractivity contribution in [2.75, 3.05) is 0 Å². The monoisotopic (exact) mass is 309 g/mol. The number of nitrogens with two attached hydrogens (primary N) is 1. The minimum Gasteiger partial charge on any atom is -0.487 e. The number of benzene rings is 1. The molecule has 0 unspecified atom stereocenters. The smallest absolute Gasteiger partial charge is 0.238 e. The molecule has 0 aliphatic heterocycles. The summed E-state index contributed by atoms with van der Waals surface area (Å²) in [5, 5.41) is 9.41. The molecule has 0 aliphatic carbocycles. The van der Waals surface area contributed by atoms with Crippen molar-refractivity contribution >= 4 is 10.0 Å². The summed E-state index contributed by atoms with van der Waals surface area (Å²) in [6.07, 6.45) is 0. The first-order valence-corrected chi connectivity index (χ1v) is 7.99. The summed E-state index contributed by atoms with van der Waals surface area (Å²) in [5.41, 5.74) is 3.34. The molecular formula is C14H19N3O3S. The van der Waals surface area contributed by atoms with Gasteiger partial charge in [-0.15, -0.1) is 0 Å². The Morgan fingerprint density at radius 3 is 2.19 bits per heavy atom. The van der Waals surface area contributed by atoms with E-state index in [1.807, 2.05) is 20.0 Å². The molecule has 6 nitrogen and oxygen atoms in total. The van der Waals surface area contributed by atoms with Gasteiger partial charge in [0.05, 0.1) is 16.3 Å². The topological polar surface area (TPSA) is 87.2 Å². The van der Waals surface area contributed by atoms with Gasteiger partial charge in [-0.05, 0) is 50.1 Å². The Kier molecular flexibility index (Phi) is 4.06. The largest absolute Gasteiger partial charge is 0.487 e. The van der Waals surface area contributed by atoms with Gasteiger partial charge in [0.25, 0.3) is 0 Å². The number of primary sulfonamides is 1. The van der Waals surface area contributed by atoms with Gasteiger partial charge in [0.15, 0.2) is 0 Å². The number of nitrogens with zero attached hydrogens (tertiary/aromatic N) is 2. The van der Waals surface area contributed by atoms with Crippen molar-refractivity contribution in [3.63, 3.8) is 0 Å². The van der Waals surface area contributed by atoms with Crippen molar-refractivity contribution in [3.05, 3.63) is 40.7 Å². The molecule has 0 saturated heterocycles. The van der Waals surface area contributed by atoms with Gasteiger partial charge in [-0.1, -0.05) is 0 Å². The summed E-state index contributed by atoms with van der Waals surface area (Å²) < 4.78 is 30.4. The summed E-state index contributed by atoms with van der Waals surface area (Å²) in [6, 6.07) is 4.99. The summed E-state index contributed by atoms with van der Waals surface area (Å²) >= 11 is 0. The number of hydrogen-bond donors (Lipinski definition) is 1. The fraction of sp³-hybridized carbons (Fsp3) is 0.357. The minimum absolute atomic E-state index is 0.0984. The fourth-order valence-corrected chi connectivity index (χ4v) is 2.93. The van der Waals surface area contributed by atoms with Crippen LogP contribution >= 0.6 is 0 Å². The first-order valence-electron chi connectivity index (χ1n) is 6.45. The van der Waals surface area contributed by atoms with Crippen molar-refractivity contribution in [1.82, 2.24) is 9.78 Å². The van der Waals surface area contributed by atoms with E-state index in [2.05, 4.69) is 5.10 Å². The van der Waals surface area contributed by atoms with Gasteiger partial charge >= 0.3 is 0 Å². The Morgan fingerprint density at radius 1 is 1.19 bits per heavy atom. The van der Waals surface area contributed by atoms with Crippen LogP contribution in [0.1, 0.15) is 22.5 Å². The van der Waals surface area contributed by atoms with Crippen molar-refractivity contribution in [2.24, 2.45) is 12.2 Å². The zero-order valence-corrected chi connectivity index (χ0v) is 13.4. The molecule has 21 heavy (non-hydrogen) atoms. The Bertz CT molecular complexity index is 756. The van der Waals surface area contributed by atoms with Crippen LogP contribution in [0.2, 0.25) is 0 Å². The average Bonchev–Trinajstić information content (AvgIpc) is 2.65. The standard InChI is InChI=1S/C14H19N3O3S/c1-9-5-13(21(15,18)19)6-10(2)14(9)20-8-12-7-11(3)16-17(12)4/h5-7H,8H2,1-4H3,(H2,15,18,19). The molecule has 0 radical (unpaired) electrons. The number of sulfonamides is 1. The van der Waals surface area contributed by atoms with Crippen LogP contribution in [0, 0.1) is 20.8 Å². The lowest BCUT2D eigenvalue weighted by Crippen LogP contribution is -2.13. The third kappa shape index (κ3) is 3.43. The molecule has 2 aromatic rings. The van der Waals surface area contributed by atoms with Crippen molar-refractivity contribution in [3.8, 4) is 5.75 Å². The molecule has 0 bridgehead atoms. The van der Waals surface area contributed by atoms with Gasteiger partial charge in [-0.3, -0.25) is 4.68 Å². The highest BCUT2D eigenvalue weighted by Crippen LogP contribution is 2.27. The number of hydrogen-bond acceptors (Lipinski definition) is 4. The van der Waals surface area contributed by atoms with Gasteiger partial charge in [0.2, 0.25) is 10.0 Å². The molecule has 1 aromatic heterocycles. The summed E-state index contributed by atoms with van der Waals surface area (Å²) in [6.45, 7) is 5.88. The van der Waals surface area contributed by atoms with Crippen molar-refractivity contribution in [2.45, 2.75) is 32.3 Å². The molecule has 2 N–H and O–H groups in total. The van der Waals surface area contributed by atoms with Gasteiger partial charge < -0.3 is 4.74 Å². The molecule has 0 fully saturated rings. The van der Waals surface area contributed by atoms with E-state index in [1.54, 1.807) is 18.5 Å². The van der Waals surface area contributed by atoms with Crippen LogP contribution in [0.15, 0.2) is 23.1 Å². The van der Waals surface area contributed by atoms with Crippen molar-refractivity contribution < 1.29 is 13.2 Å². The zero-order valence-electron chi connectivity index (χ0n) is 12.5.